The van der Waals surface area contributed by atoms with Gasteiger partial charge in [0.25, 0.3) is 10.0 Å². The summed E-state index contributed by atoms with van der Waals surface area (Å²) in [4.78, 5) is 37.7. The van der Waals surface area contributed by atoms with E-state index in [2.05, 4.69) is 25.6 Å². The van der Waals surface area contributed by atoms with E-state index in [1.165, 1.54) is 33.3 Å². The molecule has 0 aromatic carbocycles. The Labute approximate surface area is 271 Å². The van der Waals surface area contributed by atoms with Crippen LogP contribution in [0.3, 0.4) is 0 Å². The van der Waals surface area contributed by atoms with Crippen LogP contribution in [-0.2, 0) is 29.4 Å². The Hall–Kier alpha value is -3.58. The number of aromatic nitrogens is 3. The number of pyridine rings is 1. The van der Waals surface area contributed by atoms with Crippen LogP contribution in [0.1, 0.15) is 24.3 Å². The molecular weight excluding hydrogens is 672 g/mol. The molecule has 0 fully saturated rings. The fourth-order valence-corrected chi connectivity index (χ4v) is 7.35. The van der Waals surface area contributed by atoms with Crippen molar-refractivity contribution in [3.8, 4) is 11.8 Å². The highest BCUT2D eigenvalue weighted by Crippen LogP contribution is 2.32. The van der Waals surface area contributed by atoms with Crippen molar-refractivity contribution in [2.45, 2.75) is 43.7 Å². The second-order valence-electron chi connectivity index (χ2n) is 9.07. The number of methoxy groups -OCH3 is 3. The molecule has 15 nitrogen and oxygen atoms in total. The summed E-state index contributed by atoms with van der Waals surface area (Å²) in [6, 6.07) is 2.46. The van der Waals surface area contributed by atoms with Gasteiger partial charge in [-0.05, 0) is 43.8 Å². The van der Waals surface area contributed by atoms with Crippen molar-refractivity contribution in [1.82, 2.24) is 19.7 Å². The third kappa shape index (κ3) is 9.95. The molecule has 0 aliphatic heterocycles. The number of carbonyl (C=O) groups excluding carboxylic acids is 2. The zero-order chi connectivity index (χ0) is 33.9. The van der Waals surface area contributed by atoms with Crippen LogP contribution in [0.2, 0.25) is 0 Å². The minimum atomic E-state index is -4.61. The van der Waals surface area contributed by atoms with Gasteiger partial charge >= 0.3 is 6.03 Å². The van der Waals surface area contributed by atoms with Gasteiger partial charge in [-0.25, -0.2) is 22.9 Å². The van der Waals surface area contributed by atoms with Gasteiger partial charge in [-0.3, -0.25) is 10.1 Å². The fourth-order valence-electron chi connectivity index (χ4n) is 3.83. The molecule has 248 valence electrons. The van der Waals surface area contributed by atoms with Crippen molar-refractivity contribution in [3.63, 3.8) is 0 Å². The summed E-state index contributed by atoms with van der Waals surface area (Å²) in [5.41, 5.74) is 2.08. The number of halogens is 1. The molecule has 0 aliphatic carbocycles. The molecule has 0 unspecified atom stereocenters. The molecule has 19 heteroatoms. The van der Waals surface area contributed by atoms with Gasteiger partial charge in [-0.2, -0.15) is 18.4 Å². The SMILES string of the molecule is CCS(=O)(=O)c1cccnc1S(=O)(=O)NC(=O)Nc1nc(OC)cc(OC)n1.COC[C@H](C)N(C(=O)CCl)c1c(C)csc1C. The summed E-state index contributed by atoms with van der Waals surface area (Å²) in [5.74, 6) is -0.613. The Balaban J connectivity index is 0.000000355. The molecule has 3 amide bonds. The first-order chi connectivity index (χ1) is 21.1. The standard InChI is InChI=1S/C14H17N5O7S2.C12H18ClNO2S/c1-4-27(21,22)9-6-5-7-15-12(9)28(23,24)19-14(20)18-13-16-10(25-2)8-11(17-13)26-3;1-8-7-17-10(3)12(8)14(11(15)5-13)9(2)6-16-4/h5-8H,4H2,1-3H3,(H2,16,17,18,19,20);7,9H,5-6H2,1-4H3/t;9-/m.0/s1. The molecule has 0 spiro atoms. The number of sulfonamides is 1. The average Bonchev–Trinajstić information content (AvgIpc) is 3.33. The van der Waals surface area contributed by atoms with Crippen molar-refractivity contribution in [2.24, 2.45) is 0 Å². The van der Waals surface area contributed by atoms with Gasteiger partial charge in [0.15, 0.2) is 14.9 Å². The maximum Gasteiger partial charge on any atom is 0.335 e. The minimum absolute atomic E-state index is 0.0111. The van der Waals surface area contributed by atoms with Crippen molar-refractivity contribution in [2.75, 3.05) is 49.8 Å². The first-order valence-electron chi connectivity index (χ1n) is 13.1. The maximum atomic E-state index is 12.5. The van der Waals surface area contributed by atoms with Crippen molar-refractivity contribution in [3.05, 3.63) is 40.2 Å². The van der Waals surface area contributed by atoms with Gasteiger partial charge in [-0.15, -0.1) is 22.9 Å². The number of thiophene rings is 1. The smallest absolute Gasteiger partial charge is 0.335 e. The van der Waals surface area contributed by atoms with Crippen LogP contribution >= 0.6 is 22.9 Å². The number of hydrogen-bond donors (Lipinski definition) is 2. The van der Waals surface area contributed by atoms with Gasteiger partial charge in [-0.1, -0.05) is 6.92 Å². The van der Waals surface area contributed by atoms with Gasteiger partial charge in [0.05, 0.1) is 44.4 Å². The first kappa shape index (κ1) is 37.6. The normalized spacial score (nSPS) is 11.9. The van der Waals surface area contributed by atoms with Crippen molar-refractivity contribution in [1.29, 1.82) is 0 Å². The summed E-state index contributed by atoms with van der Waals surface area (Å²) in [7, 11) is -4.22. The first-order valence-corrected chi connectivity index (χ1v) is 17.6. The highest BCUT2D eigenvalue weighted by Gasteiger charge is 2.29. The molecule has 0 radical (unpaired) electrons. The summed E-state index contributed by atoms with van der Waals surface area (Å²) in [6.45, 7) is 7.84. The van der Waals surface area contributed by atoms with E-state index >= 15 is 0 Å². The second kappa shape index (κ2) is 16.6. The number of alkyl halides is 1. The van der Waals surface area contributed by atoms with Crippen LogP contribution in [-0.4, -0.2) is 89.3 Å². The Morgan fingerprint density at radius 1 is 1.09 bits per heavy atom. The number of urea groups is 1. The number of sulfone groups is 1. The number of aryl methyl sites for hydroxylation is 2. The number of amides is 3. The van der Waals surface area contributed by atoms with E-state index in [0.29, 0.717) is 6.61 Å². The fraction of sp³-hybridized carbons (Fsp3) is 0.423. The molecule has 3 aromatic rings. The molecule has 0 aliphatic rings. The lowest BCUT2D eigenvalue weighted by molar-refractivity contribution is -0.116. The lowest BCUT2D eigenvalue weighted by atomic mass is 10.2. The molecule has 0 saturated carbocycles. The van der Waals surface area contributed by atoms with Crippen LogP contribution < -0.4 is 24.4 Å². The van der Waals surface area contributed by atoms with Crippen molar-refractivity contribution >= 4 is 66.4 Å². The number of rotatable bonds is 12. The Kier molecular flexibility index (Phi) is 13.9. The number of nitrogens with zero attached hydrogens (tertiary/aromatic N) is 4. The number of carbonyl (C=O) groups is 2. The van der Waals surface area contributed by atoms with E-state index in [4.69, 9.17) is 25.8 Å². The molecule has 0 bridgehead atoms. The summed E-state index contributed by atoms with van der Waals surface area (Å²) >= 11 is 7.33. The van der Waals surface area contributed by atoms with Gasteiger partial charge < -0.3 is 19.1 Å². The number of ether oxygens (including phenoxy) is 3. The highest BCUT2D eigenvalue weighted by molar-refractivity contribution is 7.93. The largest absolute Gasteiger partial charge is 0.481 e. The minimum Gasteiger partial charge on any atom is -0.481 e. The number of nitrogens with one attached hydrogen (secondary N) is 2. The predicted octanol–water partition coefficient (Wildman–Crippen LogP) is 3.16. The van der Waals surface area contributed by atoms with E-state index in [9.17, 15) is 26.4 Å². The lowest BCUT2D eigenvalue weighted by Crippen LogP contribution is -2.42. The summed E-state index contributed by atoms with van der Waals surface area (Å²) in [5, 5.41) is 3.36. The third-order valence-electron chi connectivity index (χ3n) is 5.85. The average molecular weight is 707 g/mol. The van der Waals surface area contributed by atoms with Crippen LogP contribution in [0.4, 0.5) is 16.4 Å². The zero-order valence-corrected chi connectivity index (χ0v) is 28.9. The van der Waals surface area contributed by atoms with Crippen LogP contribution in [0.15, 0.2) is 39.7 Å². The summed E-state index contributed by atoms with van der Waals surface area (Å²) < 4.78 is 65.8. The Morgan fingerprint density at radius 3 is 2.20 bits per heavy atom. The quantitative estimate of drug-likeness (QED) is 0.262. The monoisotopic (exact) mass is 706 g/mol. The van der Waals surface area contributed by atoms with Crippen LogP contribution in [0.25, 0.3) is 0 Å². The van der Waals surface area contributed by atoms with E-state index in [1.54, 1.807) is 28.1 Å². The molecule has 1 atom stereocenters. The second-order valence-corrected chi connectivity index (χ2v) is 14.3. The topological polar surface area (TPSA) is 196 Å². The number of anilines is 2. The molecular formula is C26H35ClN6O9S3. The molecule has 2 N–H and O–H groups in total. The predicted molar refractivity (Wildman–Crippen MR) is 170 cm³/mol. The van der Waals surface area contributed by atoms with E-state index in [-0.39, 0.29) is 41.3 Å². The van der Waals surface area contributed by atoms with E-state index in [0.717, 1.165) is 28.4 Å². The maximum absolute atomic E-state index is 12.5. The zero-order valence-electron chi connectivity index (χ0n) is 25.7. The Morgan fingerprint density at radius 2 is 1.71 bits per heavy atom. The van der Waals surface area contributed by atoms with Gasteiger partial charge in [0, 0.05) is 18.2 Å². The molecule has 45 heavy (non-hydrogen) atoms. The summed E-state index contributed by atoms with van der Waals surface area (Å²) in [6.07, 6.45) is 1.09. The van der Waals surface area contributed by atoms with Crippen molar-refractivity contribution < 1.29 is 40.6 Å². The molecule has 3 aromatic heterocycles. The lowest BCUT2D eigenvalue weighted by Gasteiger charge is -2.29. The third-order valence-corrected chi connectivity index (χ3v) is 10.3. The van der Waals surface area contributed by atoms with Gasteiger partial charge in [0.2, 0.25) is 23.6 Å². The molecule has 0 saturated heterocycles. The van der Waals surface area contributed by atoms with E-state index < -0.39 is 35.8 Å². The van der Waals surface area contributed by atoms with E-state index in [1.807, 2.05) is 20.8 Å². The molecule has 3 heterocycles. The van der Waals surface area contributed by atoms with Crippen LogP contribution in [0.5, 0.6) is 11.8 Å². The highest BCUT2D eigenvalue weighted by atomic mass is 35.5. The van der Waals surface area contributed by atoms with Gasteiger partial charge in [0.1, 0.15) is 10.8 Å². The number of hydrogen-bond acceptors (Lipinski definition) is 13. The molecule has 3 rings (SSSR count). The Bertz CT molecular complexity index is 1660. The van der Waals surface area contributed by atoms with Crippen LogP contribution in [0, 0.1) is 13.8 Å².